The molecule has 0 unspecified atom stereocenters. The van der Waals surface area contributed by atoms with Gasteiger partial charge in [-0.25, -0.2) is 4.79 Å². The first-order valence-corrected chi connectivity index (χ1v) is 8.40. The smallest absolute Gasteiger partial charge is 0.410 e. The van der Waals surface area contributed by atoms with Gasteiger partial charge in [0.15, 0.2) is 6.54 Å². The first-order chi connectivity index (χ1) is 11.6. The van der Waals surface area contributed by atoms with Crippen LogP contribution in [0.15, 0.2) is 24.3 Å². The van der Waals surface area contributed by atoms with Gasteiger partial charge in [-0.05, 0) is 38.1 Å². The molecule has 0 atom stereocenters. The van der Waals surface area contributed by atoms with E-state index in [0.717, 1.165) is 24.5 Å². The van der Waals surface area contributed by atoms with E-state index in [0.29, 0.717) is 32.8 Å². The van der Waals surface area contributed by atoms with Crippen LogP contribution in [-0.4, -0.2) is 62.8 Å². The van der Waals surface area contributed by atoms with E-state index in [-0.39, 0.29) is 12.0 Å². The number of benzene rings is 1. The Morgan fingerprint density at radius 1 is 1.12 bits per heavy atom. The lowest BCUT2D eigenvalue weighted by Crippen LogP contribution is -3.15. The van der Waals surface area contributed by atoms with Crippen molar-refractivity contribution in [2.24, 2.45) is 0 Å². The summed E-state index contributed by atoms with van der Waals surface area (Å²) < 4.78 is 10.4. The van der Waals surface area contributed by atoms with Gasteiger partial charge in [-0.2, -0.15) is 0 Å². The third-order valence-corrected chi connectivity index (χ3v) is 3.86. The number of ether oxygens (including phenoxy) is 2. The Balaban J connectivity index is 1.74. The second-order valence-electron chi connectivity index (χ2n) is 5.62. The van der Waals surface area contributed by atoms with Crippen molar-refractivity contribution < 1.29 is 24.0 Å². The molecule has 0 spiro atoms. The zero-order valence-electron chi connectivity index (χ0n) is 14.3. The Hall–Kier alpha value is -2.28. The highest BCUT2D eigenvalue weighted by Crippen LogP contribution is 2.15. The summed E-state index contributed by atoms with van der Waals surface area (Å²) >= 11 is 0. The minimum atomic E-state index is -0.268. The number of anilines is 1. The Morgan fingerprint density at radius 3 is 2.38 bits per heavy atom. The van der Waals surface area contributed by atoms with Crippen LogP contribution in [0.2, 0.25) is 0 Å². The fourth-order valence-corrected chi connectivity index (χ4v) is 2.63. The number of carbonyl (C=O) groups excluding carboxylic acids is 2. The lowest BCUT2D eigenvalue weighted by Gasteiger charge is -2.31. The van der Waals surface area contributed by atoms with Crippen LogP contribution in [0.5, 0.6) is 5.75 Å². The molecule has 0 aliphatic carbocycles. The van der Waals surface area contributed by atoms with Crippen LogP contribution < -0.4 is 15.0 Å². The topological polar surface area (TPSA) is 72.3 Å². The molecule has 24 heavy (non-hydrogen) atoms. The molecule has 132 valence electrons. The van der Waals surface area contributed by atoms with Crippen molar-refractivity contribution in [2.45, 2.75) is 13.8 Å². The number of hydrogen-bond donors (Lipinski definition) is 2. The van der Waals surface area contributed by atoms with Gasteiger partial charge in [-0.15, -0.1) is 0 Å². The molecule has 2 N–H and O–H groups in total. The second kappa shape index (κ2) is 9.12. The van der Waals surface area contributed by atoms with Crippen molar-refractivity contribution in [1.82, 2.24) is 4.90 Å². The Labute approximate surface area is 142 Å². The highest BCUT2D eigenvalue weighted by molar-refractivity contribution is 5.91. The van der Waals surface area contributed by atoms with Gasteiger partial charge in [0.2, 0.25) is 0 Å². The van der Waals surface area contributed by atoms with Crippen molar-refractivity contribution in [3.8, 4) is 5.75 Å². The Morgan fingerprint density at radius 2 is 1.79 bits per heavy atom. The number of hydrogen-bond acceptors (Lipinski definition) is 4. The predicted octanol–water partition coefficient (Wildman–Crippen LogP) is 0.381. The molecule has 1 fully saturated rings. The van der Waals surface area contributed by atoms with E-state index in [1.54, 1.807) is 11.8 Å². The van der Waals surface area contributed by atoms with E-state index < -0.39 is 0 Å². The summed E-state index contributed by atoms with van der Waals surface area (Å²) in [7, 11) is 0. The standard InChI is InChI=1S/C17H25N3O4/c1-3-23-15-7-5-14(6-8-15)18-16(21)13-19-9-11-20(12-10-19)17(22)24-4-2/h5-8H,3-4,9-13H2,1-2H3,(H,18,21)/p+1. The van der Waals surface area contributed by atoms with Gasteiger partial charge in [0.25, 0.3) is 5.91 Å². The molecule has 0 aromatic heterocycles. The molecule has 1 aliphatic rings. The maximum absolute atomic E-state index is 12.1. The highest BCUT2D eigenvalue weighted by atomic mass is 16.6. The fourth-order valence-electron chi connectivity index (χ4n) is 2.63. The summed E-state index contributed by atoms with van der Waals surface area (Å²) in [5.74, 6) is 0.759. The summed E-state index contributed by atoms with van der Waals surface area (Å²) in [6.07, 6.45) is -0.268. The van der Waals surface area contributed by atoms with E-state index in [1.807, 2.05) is 31.2 Å². The van der Waals surface area contributed by atoms with Gasteiger partial charge in [-0.3, -0.25) is 9.69 Å². The molecule has 0 radical (unpaired) electrons. The molecule has 1 aromatic carbocycles. The average molecular weight is 336 g/mol. The first-order valence-electron chi connectivity index (χ1n) is 8.40. The van der Waals surface area contributed by atoms with Crippen LogP contribution in [0.25, 0.3) is 0 Å². The van der Waals surface area contributed by atoms with Gasteiger partial charge in [0, 0.05) is 5.69 Å². The van der Waals surface area contributed by atoms with Crippen molar-refractivity contribution in [3.05, 3.63) is 24.3 Å². The number of carbonyl (C=O) groups is 2. The van der Waals surface area contributed by atoms with Gasteiger partial charge in [0.05, 0.1) is 39.4 Å². The molecule has 1 heterocycles. The number of nitrogens with one attached hydrogen (secondary N) is 2. The minimum Gasteiger partial charge on any atom is -0.494 e. The molecule has 7 heteroatoms. The molecular weight excluding hydrogens is 310 g/mol. The third kappa shape index (κ3) is 5.42. The van der Waals surface area contributed by atoms with Gasteiger partial charge < -0.3 is 19.7 Å². The molecule has 2 amide bonds. The van der Waals surface area contributed by atoms with Crippen LogP contribution >= 0.6 is 0 Å². The van der Waals surface area contributed by atoms with Gasteiger partial charge in [-0.1, -0.05) is 0 Å². The number of quaternary nitrogens is 1. The molecule has 7 nitrogen and oxygen atoms in total. The summed E-state index contributed by atoms with van der Waals surface area (Å²) in [6.45, 7) is 7.85. The molecule has 1 aromatic rings. The van der Waals surface area contributed by atoms with Crippen molar-refractivity contribution in [2.75, 3.05) is 51.3 Å². The second-order valence-corrected chi connectivity index (χ2v) is 5.62. The molecule has 1 saturated heterocycles. The van der Waals surface area contributed by atoms with E-state index >= 15 is 0 Å². The third-order valence-electron chi connectivity index (χ3n) is 3.86. The van der Waals surface area contributed by atoms with E-state index in [4.69, 9.17) is 9.47 Å². The molecule has 2 rings (SSSR count). The predicted molar refractivity (Wildman–Crippen MR) is 90.4 cm³/mol. The lowest BCUT2D eigenvalue weighted by molar-refractivity contribution is -0.895. The maximum Gasteiger partial charge on any atom is 0.410 e. The first kappa shape index (κ1) is 18.1. The number of rotatable bonds is 6. The minimum absolute atomic E-state index is 0.0289. The fraction of sp³-hybridized carbons (Fsp3) is 0.529. The van der Waals surface area contributed by atoms with Crippen LogP contribution in [0.1, 0.15) is 13.8 Å². The Kier molecular flexibility index (Phi) is 6.87. The van der Waals surface area contributed by atoms with Crippen LogP contribution in [0, 0.1) is 0 Å². The van der Waals surface area contributed by atoms with E-state index in [2.05, 4.69) is 5.32 Å². The van der Waals surface area contributed by atoms with Crippen molar-refractivity contribution in [3.63, 3.8) is 0 Å². The maximum atomic E-state index is 12.1. The molecule has 1 aliphatic heterocycles. The quantitative estimate of drug-likeness (QED) is 0.788. The van der Waals surface area contributed by atoms with E-state index in [9.17, 15) is 9.59 Å². The summed E-state index contributed by atoms with van der Waals surface area (Å²) in [4.78, 5) is 26.6. The zero-order valence-corrected chi connectivity index (χ0v) is 14.3. The summed E-state index contributed by atoms with van der Waals surface area (Å²) in [6, 6.07) is 7.34. The SMILES string of the molecule is CCOC(=O)N1CC[NH+](CC(=O)Nc2ccc(OCC)cc2)CC1. The van der Waals surface area contributed by atoms with Gasteiger partial charge >= 0.3 is 6.09 Å². The summed E-state index contributed by atoms with van der Waals surface area (Å²) in [5, 5.41) is 2.89. The van der Waals surface area contributed by atoms with E-state index in [1.165, 1.54) is 4.90 Å². The van der Waals surface area contributed by atoms with Crippen LogP contribution in [0.4, 0.5) is 10.5 Å². The van der Waals surface area contributed by atoms with Crippen molar-refractivity contribution in [1.29, 1.82) is 0 Å². The lowest BCUT2D eigenvalue weighted by atomic mass is 10.3. The highest BCUT2D eigenvalue weighted by Gasteiger charge is 2.25. The Bertz CT molecular complexity index is 539. The average Bonchev–Trinajstić information content (AvgIpc) is 2.58. The molecule has 0 bridgehead atoms. The number of amides is 2. The largest absolute Gasteiger partial charge is 0.494 e. The molecule has 0 saturated carbocycles. The van der Waals surface area contributed by atoms with Crippen LogP contribution in [0.3, 0.4) is 0 Å². The van der Waals surface area contributed by atoms with Gasteiger partial charge in [0.1, 0.15) is 5.75 Å². The molecular formula is C17H26N3O4+. The van der Waals surface area contributed by atoms with Crippen molar-refractivity contribution >= 4 is 17.7 Å². The number of nitrogens with zero attached hydrogens (tertiary/aromatic N) is 1. The summed E-state index contributed by atoms with van der Waals surface area (Å²) in [5.41, 5.74) is 0.757. The monoisotopic (exact) mass is 336 g/mol. The normalized spacial score (nSPS) is 15.0. The zero-order chi connectivity index (χ0) is 17.4. The number of piperazine rings is 1. The van der Waals surface area contributed by atoms with Crippen LogP contribution in [-0.2, 0) is 9.53 Å².